The highest BCUT2D eigenvalue weighted by molar-refractivity contribution is 5.87. The summed E-state index contributed by atoms with van der Waals surface area (Å²) in [5.74, 6) is -0.332. The highest BCUT2D eigenvalue weighted by Gasteiger charge is 2.23. The predicted octanol–water partition coefficient (Wildman–Crippen LogP) is 0.403. The largest absolute Gasteiger partial charge is 0.463 e. The molecule has 1 unspecified atom stereocenters. The smallest absolute Gasteiger partial charge is 0.374 e. The Kier molecular flexibility index (Phi) is 5.35. The van der Waals surface area contributed by atoms with E-state index in [0.29, 0.717) is 38.4 Å². The molecule has 2 rings (SSSR count). The van der Waals surface area contributed by atoms with Crippen molar-refractivity contribution in [3.05, 3.63) is 23.7 Å². The molecule has 0 bridgehead atoms. The van der Waals surface area contributed by atoms with Crippen molar-refractivity contribution in [1.82, 2.24) is 10.2 Å². The summed E-state index contributed by atoms with van der Waals surface area (Å²) in [6, 6.07) is 1.34. The van der Waals surface area contributed by atoms with Crippen molar-refractivity contribution in [3.63, 3.8) is 0 Å². The van der Waals surface area contributed by atoms with Crippen molar-refractivity contribution >= 4 is 11.9 Å². The SMILES string of the molecule is COC(=O)c1occc1CNC(C)C(=O)N1CCOCC1. The zero-order chi connectivity index (χ0) is 15.2. The van der Waals surface area contributed by atoms with E-state index in [1.807, 2.05) is 0 Å². The molecule has 7 nitrogen and oxygen atoms in total. The summed E-state index contributed by atoms with van der Waals surface area (Å²) in [7, 11) is 1.30. The van der Waals surface area contributed by atoms with Gasteiger partial charge in [-0.3, -0.25) is 4.79 Å². The molecule has 1 saturated heterocycles. The van der Waals surface area contributed by atoms with Crippen LogP contribution in [0.2, 0.25) is 0 Å². The van der Waals surface area contributed by atoms with Gasteiger partial charge in [-0.2, -0.15) is 0 Å². The van der Waals surface area contributed by atoms with Crippen LogP contribution in [0.25, 0.3) is 0 Å². The van der Waals surface area contributed by atoms with Gasteiger partial charge in [-0.05, 0) is 13.0 Å². The molecule has 1 amide bonds. The van der Waals surface area contributed by atoms with Gasteiger partial charge >= 0.3 is 5.97 Å². The number of hydrogen-bond acceptors (Lipinski definition) is 6. The highest BCUT2D eigenvalue weighted by atomic mass is 16.5. The maximum atomic E-state index is 12.2. The monoisotopic (exact) mass is 296 g/mol. The van der Waals surface area contributed by atoms with Crippen molar-refractivity contribution in [2.24, 2.45) is 0 Å². The molecule has 7 heteroatoms. The maximum absolute atomic E-state index is 12.2. The third-order valence-corrected chi connectivity index (χ3v) is 3.41. The van der Waals surface area contributed by atoms with Gasteiger partial charge in [-0.15, -0.1) is 0 Å². The Balaban J connectivity index is 1.88. The van der Waals surface area contributed by atoms with Crippen molar-refractivity contribution in [1.29, 1.82) is 0 Å². The Morgan fingerprint density at radius 1 is 1.43 bits per heavy atom. The Bertz CT molecular complexity index is 493. The summed E-state index contributed by atoms with van der Waals surface area (Å²) in [5, 5.41) is 3.10. The van der Waals surface area contributed by atoms with Crippen LogP contribution in [0.5, 0.6) is 0 Å². The molecule has 0 aromatic carbocycles. The first-order chi connectivity index (χ1) is 10.1. The van der Waals surface area contributed by atoms with Crippen LogP contribution < -0.4 is 5.32 Å². The van der Waals surface area contributed by atoms with Gasteiger partial charge in [0.25, 0.3) is 0 Å². The van der Waals surface area contributed by atoms with Crippen LogP contribution >= 0.6 is 0 Å². The van der Waals surface area contributed by atoms with Gasteiger partial charge in [0.2, 0.25) is 11.7 Å². The Labute approximate surface area is 123 Å². The van der Waals surface area contributed by atoms with Crippen molar-refractivity contribution in [2.75, 3.05) is 33.4 Å². The lowest BCUT2D eigenvalue weighted by Crippen LogP contribution is -2.49. The Morgan fingerprint density at radius 2 is 2.14 bits per heavy atom. The van der Waals surface area contributed by atoms with Gasteiger partial charge in [-0.1, -0.05) is 0 Å². The second-order valence-electron chi connectivity index (χ2n) is 4.81. The first-order valence-corrected chi connectivity index (χ1v) is 6.88. The molecular weight excluding hydrogens is 276 g/mol. The molecule has 1 aliphatic rings. The molecule has 0 radical (unpaired) electrons. The summed E-state index contributed by atoms with van der Waals surface area (Å²) in [6.45, 7) is 4.54. The van der Waals surface area contributed by atoms with Crippen molar-refractivity contribution < 1.29 is 23.5 Å². The average Bonchev–Trinajstić information content (AvgIpc) is 3.00. The lowest BCUT2D eigenvalue weighted by Gasteiger charge is -2.29. The van der Waals surface area contributed by atoms with Gasteiger partial charge in [0.05, 0.1) is 32.6 Å². The lowest BCUT2D eigenvalue weighted by molar-refractivity contribution is -0.137. The van der Waals surface area contributed by atoms with E-state index in [1.165, 1.54) is 13.4 Å². The topological polar surface area (TPSA) is 81.0 Å². The molecule has 0 aliphatic carbocycles. The molecule has 1 N–H and O–H groups in total. The van der Waals surface area contributed by atoms with E-state index in [-0.39, 0.29) is 17.7 Å². The average molecular weight is 296 g/mol. The van der Waals surface area contributed by atoms with Crippen LogP contribution in [0.15, 0.2) is 16.7 Å². The van der Waals surface area contributed by atoms with Gasteiger partial charge < -0.3 is 24.1 Å². The molecule has 0 saturated carbocycles. The van der Waals surface area contributed by atoms with Crippen molar-refractivity contribution in [3.8, 4) is 0 Å². The minimum Gasteiger partial charge on any atom is -0.463 e. The van der Waals surface area contributed by atoms with Crippen LogP contribution in [0.4, 0.5) is 0 Å². The summed E-state index contributed by atoms with van der Waals surface area (Å²) in [4.78, 5) is 25.5. The van der Waals surface area contributed by atoms with Crippen LogP contribution in [0, 0.1) is 0 Å². The fourth-order valence-electron chi connectivity index (χ4n) is 2.15. The normalized spacial score (nSPS) is 16.6. The predicted molar refractivity (Wildman–Crippen MR) is 73.7 cm³/mol. The molecule has 2 heterocycles. The fourth-order valence-corrected chi connectivity index (χ4v) is 2.15. The summed E-state index contributed by atoms with van der Waals surface area (Å²) in [5.41, 5.74) is 0.670. The third kappa shape index (κ3) is 3.83. The van der Waals surface area contributed by atoms with Crippen LogP contribution in [0.1, 0.15) is 23.0 Å². The lowest BCUT2D eigenvalue weighted by atomic mass is 10.2. The second kappa shape index (κ2) is 7.24. The van der Waals surface area contributed by atoms with E-state index >= 15 is 0 Å². The fraction of sp³-hybridized carbons (Fsp3) is 0.571. The van der Waals surface area contributed by atoms with E-state index < -0.39 is 5.97 Å². The zero-order valence-corrected chi connectivity index (χ0v) is 12.3. The number of methoxy groups -OCH3 is 1. The number of rotatable bonds is 5. The number of esters is 1. The number of carbonyl (C=O) groups is 2. The molecule has 21 heavy (non-hydrogen) atoms. The van der Waals surface area contributed by atoms with E-state index in [4.69, 9.17) is 9.15 Å². The first-order valence-electron chi connectivity index (χ1n) is 6.88. The summed E-state index contributed by atoms with van der Waals surface area (Å²) in [6.07, 6.45) is 1.43. The quantitative estimate of drug-likeness (QED) is 0.792. The molecule has 1 aromatic rings. The highest BCUT2D eigenvalue weighted by Crippen LogP contribution is 2.12. The Morgan fingerprint density at radius 3 is 2.81 bits per heavy atom. The standard InChI is InChI=1S/C14H20N2O5/c1-10(13(17)16-4-7-20-8-5-16)15-9-11-3-6-21-12(11)14(18)19-2/h3,6,10,15H,4-5,7-9H2,1-2H3. The van der Waals surface area contributed by atoms with E-state index in [2.05, 4.69) is 10.1 Å². The van der Waals surface area contributed by atoms with Crippen LogP contribution in [0.3, 0.4) is 0 Å². The van der Waals surface area contributed by atoms with E-state index in [9.17, 15) is 9.59 Å². The second-order valence-corrected chi connectivity index (χ2v) is 4.81. The van der Waals surface area contributed by atoms with Gasteiger partial charge in [0.1, 0.15) is 0 Å². The number of nitrogens with zero attached hydrogens (tertiary/aromatic N) is 1. The molecular formula is C14H20N2O5. The first kappa shape index (κ1) is 15.5. The van der Waals surface area contributed by atoms with Crippen molar-refractivity contribution in [2.45, 2.75) is 19.5 Å². The number of carbonyl (C=O) groups excluding carboxylic acids is 2. The molecule has 1 aromatic heterocycles. The minimum atomic E-state index is -0.524. The third-order valence-electron chi connectivity index (χ3n) is 3.41. The van der Waals surface area contributed by atoms with Gasteiger partial charge in [0, 0.05) is 25.2 Å². The molecule has 1 atom stereocenters. The number of amides is 1. The number of furan rings is 1. The van der Waals surface area contributed by atoms with Crippen LogP contribution in [-0.4, -0.2) is 56.2 Å². The number of morpholine rings is 1. The Hall–Kier alpha value is -1.86. The van der Waals surface area contributed by atoms with E-state index in [1.54, 1.807) is 17.9 Å². The number of hydrogen-bond donors (Lipinski definition) is 1. The number of nitrogens with one attached hydrogen (secondary N) is 1. The van der Waals surface area contributed by atoms with E-state index in [0.717, 1.165) is 0 Å². The zero-order valence-electron chi connectivity index (χ0n) is 12.3. The van der Waals surface area contributed by atoms with Crippen LogP contribution in [-0.2, 0) is 20.8 Å². The van der Waals surface area contributed by atoms with Gasteiger partial charge in [-0.25, -0.2) is 4.79 Å². The van der Waals surface area contributed by atoms with Gasteiger partial charge in [0.15, 0.2) is 0 Å². The summed E-state index contributed by atoms with van der Waals surface area (Å²) < 4.78 is 15.0. The molecule has 0 spiro atoms. The summed E-state index contributed by atoms with van der Waals surface area (Å²) >= 11 is 0. The maximum Gasteiger partial charge on any atom is 0.374 e. The minimum absolute atomic E-state index is 0.0291. The number of ether oxygens (including phenoxy) is 2. The molecule has 116 valence electrons. The molecule has 1 aliphatic heterocycles. The molecule has 1 fully saturated rings.